The van der Waals surface area contributed by atoms with E-state index in [4.69, 9.17) is 0 Å². The highest BCUT2D eigenvalue weighted by Gasteiger charge is 2.34. The Kier molecular flexibility index (Phi) is 2.79. The van der Waals surface area contributed by atoms with Crippen molar-refractivity contribution in [3.63, 3.8) is 0 Å². The van der Waals surface area contributed by atoms with E-state index in [1.165, 1.54) is 38.2 Å². The number of hydrogen-bond donors (Lipinski definition) is 1. The minimum Gasteiger partial charge on any atom is -0.380 e. The molecule has 17 heavy (non-hydrogen) atoms. The lowest BCUT2D eigenvalue weighted by Gasteiger charge is -2.32. The first-order valence-corrected chi connectivity index (χ1v) is 6.65. The molecule has 3 atom stereocenters. The zero-order chi connectivity index (χ0) is 11.8. The number of aromatic nitrogens is 1. The van der Waals surface area contributed by atoms with E-state index < -0.39 is 0 Å². The number of anilines is 1. The zero-order valence-corrected chi connectivity index (χ0v) is 10.7. The zero-order valence-electron chi connectivity index (χ0n) is 10.7. The summed E-state index contributed by atoms with van der Waals surface area (Å²) in [5.41, 5.74) is 3.45. The van der Waals surface area contributed by atoms with Crippen molar-refractivity contribution in [2.75, 3.05) is 25.0 Å². The normalized spacial score (nSPS) is 31.5. The Morgan fingerprint density at radius 1 is 1.24 bits per heavy atom. The quantitative estimate of drug-likeness (QED) is 0.846. The Balaban J connectivity index is 1.73. The number of rotatable bonds is 2. The van der Waals surface area contributed by atoms with E-state index in [0.29, 0.717) is 6.04 Å². The number of aryl methyl sites for hydroxylation is 2. The second kappa shape index (κ2) is 4.30. The molecule has 3 nitrogen and oxygen atoms in total. The predicted molar refractivity (Wildman–Crippen MR) is 70.3 cm³/mol. The summed E-state index contributed by atoms with van der Waals surface area (Å²) in [5, 5.41) is 3.71. The van der Waals surface area contributed by atoms with Gasteiger partial charge in [0.05, 0.1) is 11.4 Å². The van der Waals surface area contributed by atoms with Crippen LogP contribution >= 0.6 is 0 Å². The van der Waals surface area contributed by atoms with Crippen molar-refractivity contribution in [1.82, 2.24) is 9.88 Å². The molecule has 3 rings (SSSR count). The van der Waals surface area contributed by atoms with Crippen LogP contribution in [0.25, 0.3) is 0 Å². The predicted octanol–water partition coefficient (Wildman–Crippen LogP) is 2.20. The highest BCUT2D eigenvalue weighted by Crippen LogP contribution is 2.29. The molecule has 0 radical (unpaired) electrons. The molecular formula is C14H21N3. The maximum atomic E-state index is 4.53. The van der Waals surface area contributed by atoms with E-state index >= 15 is 0 Å². The van der Waals surface area contributed by atoms with Gasteiger partial charge in [0.1, 0.15) is 0 Å². The standard InChI is InChI=1S/C14H21N3/c1-10-3-4-13(11(2)15-10)16-14-6-8-17-7-5-12(14)9-17/h3-4,12,14,16H,5-9H2,1-2H3. The van der Waals surface area contributed by atoms with Gasteiger partial charge in [0.15, 0.2) is 0 Å². The van der Waals surface area contributed by atoms with Gasteiger partial charge in [-0.3, -0.25) is 4.98 Å². The van der Waals surface area contributed by atoms with Crippen LogP contribution in [0.15, 0.2) is 12.1 Å². The molecule has 0 aliphatic carbocycles. The summed E-state index contributed by atoms with van der Waals surface area (Å²) < 4.78 is 0. The minimum atomic E-state index is 0.650. The van der Waals surface area contributed by atoms with Crippen molar-refractivity contribution in [1.29, 1.82) is 0 Å². The summed E-state index contributed by atoms with van der Waals surface area (Å²) in [6.07, 6.45) is 2.63. The topological polar surface area (TPSA) is 28.2 Å². The summed E-state index contributed by atoms with van der Waals surface area (Å²) >= 11 is 0. The van der Waals surface area contributed by atoms with E-state index in [1.54, 1.807) is 0 Å². The molecule has 2 aliphatic heterocycles. The first-order valence-electron chi connectivity index (χ1n) is 6.65. The Morgan fingerprint density at radius 2 is 2.06 bits per heavy atom. The molecule has 1 aromatic heterocycles. The second-order valence-electron chi connectivity index (χ2n) is 5.47. The van der Waals surface area contributed by atoms with Gasteiger partial charge >= 0.3 is 0 Å². The van der Waals surface area contributed by atoms with Crippen LogP contribution in [0, 0.1) is 19.8 Å². The average molecular weight is 231 g/mol. The summed E-state index contributed by atoms with van der Waals surface area (Å²) in [6.45, 7) is 7.99. The number of fused-ring (bicyclic) bond motifs is 2. The fourth-order valence-corrected chi connectivity index (χ4v) is 3.18. The van der Waals surface area contributed by atoms with Gasteiger partial charge in [-0.15, -0.1) is 0 Å². The molecule has 92 valence electrons. The Hall–Kier alpha value is -1.09. The Morgan fingerprint density at radius 3 is 2.88 bits per heavy atom. The van der Waals surface area contributed by atoms with E-state index in [2.05, 4.69) is 34.3 Å². The molecule has 2 bridgehead atoms. The maximum absolute atomic E-state index is 4.53. The third-order valence-electron chi connectivity index (χ3n) is 4.20. The molecule has 3 heterocycles. The van der Waals surface area contributed by atoms with Crippen LogP contribution in [0.4, 0.5) is 5.69 Å². The molecule has 1 aromatic rings. The largest absolute Gasteiger partial charge is 0.380 e. The van der Waals surface area contributed by atoms with Crippen LogP contribution in [0.2, 0.25) is 0 Å². The monoisotopic (exact) mass is 231 g/mol. The maximum Gasteiger partial charge on any atom is 0.0606 e. The first-order chi connectivity index (χ1) is 8.22. The van der Waals surface area contributed by atoms with Gasteiger partial charge in [-0.05, 0) is 51.3 Å². The van der Waals surface area contributed by atoms with E-state index in [0.717, 1.165) is 17.3 Å². The van der Waals surface area contributed by atoms with Crippen molar-refractivity contribution in [3.05, 3.63) is 23.5 Å². The smallest absolute Gasteiger partial charge is 0.0606 e. The van der Waals surface area contributed by atoms with Crippen LogP contribution < -0.4 is 5.32 Å². The molecule has 3 heteroatoms. The third kappa shape index (κ3) is 2.16. The highest BCUT2D eigenvalue weighted by atomic mass is 15.2. The minimum absolute atomic E-state index is 0.650. The molecule has 0 spiro atoms. The van der Waals surface area contributed by atoms with Gasteiger partial charge in [0, 0.05) is 24.8 Å². The Labute approximate surface area is 103 Å². The average Bonchev–Trinajstić information content (AvgIpc) is 2.69. The van der Waals surface area contributed by atoms with Gasteiger partial charge in [-0.25, -0.2) is 0 Å². The molecule has 2 fully saturated rings. The molecular weight excluding hydrogens is 210 g/mol. The molecule has 0 saturated carbocycles. The first kappa shape index (κ1) is 11.0. The summed E-state index contributed by atoms with van der Waals surface area (Å²) in [4.78, 5) is 7.11. The molecule has 0 amide bonds. The third-order valence-corrected chi connectivity index (χ3v) is 4.20. The van der Waals surface area contributed by atoms with E-state index in [9.17, 15) is 0 Å². The van der Waals surface area contributed by atoms with Crippen molar-refractivity contribution in [3.8, 4) is 0 Å². The lowest BCUT2D eigenvalue weighted by Crippen LogP contribution is -2.39. The molecule has 3 unspecified atom stereocenters. The van der Waals surface area contributed by atoms with Gasteiger partial charge in [0.2, 0.25) is 0 Å². The number of piperidine rings is 1. The van der Waals surface area contributed by atoms with E-state index in [-0.39, 0.29) is 0 Å². The van der Waals surface area contributed by atoms with Gasteiger partial charge in [-0.2, -0.15) is 0 Å². The van der Waals surface area contributed by atoms with Gasteiger partial charge in [0.25, 0.3) is 0 Å². The van der Waals surface area contributed by atoms with Crippen molar-refractivity contribution < 1.29 is 0 Å². The van der Waals surface area contributed by atoms with Crippen LogP contribution in [0.3, 0.4) is 0 Å². The van der Waals surface area contributed by atoms with Crippen molar-refractivity contribution in [2.45, 2.75) is 32.7 Å². The lowest BCUT2D eigenvalue weighted by molar-refractivity contribution is 0.255. The fourth-order valence-electron chi connectivity index (χ4n) is 3.18. The SMILES string of the molecule is Cc1ccc(NC2CCN3CCC2C3)c(C)n1. The van der Waals surface area contributed by atoms with Crippen LogP contribution in [-0.4, -0.2) is 35.6 Å². The fraction of sp³-hybridized carbons (Fsp3) is 0.643. The highest BCUT2D eigenvalue weighted by molar-refractivity contribution is 5.48. The number of hydrogen-bond acceptors (Lipinski definition) is 3. The molecule has 2 saturated heterocycles. The van der Waals surface area contributed by atoms with E-state index in [1.807, 2.05) is 6.92 Å². The Bertz CT molecular complexity index is 416. The lowest BCUT2D eigenvalue weighted by atomic mass is 9.94. The number of nitrogens with zero attached hydrogens (tertiary/aromatic N) is 2. The summed E-state index contributed by atoms with van der Waals surface area (Å²) in [5.74, 6) is 0.837. The molecule has 1 N–H and O–H groups in total. The number of pyridine rings is 1. The molecule has 2 aliphatic rings. The second-order valence-corrected chi connectivity index (χ2v) is 5.47. The summed E-state index contributed by atoms with van der Waals surface area (Å²) in [6, 6.07) is 4.93. The van der Waals surface area contributed by atoms with Crippen LogP contribution in [0.1, 0.15) is 24.2 Å². The van der Waals surface area contributed by atoms with Crippen molar-refractivity contribution >= 4 is 5.69 Å². The number of nitrogens with one attached hydrogen (secondary N) is 1. The van der Waals surface area contributed by atoms with Crippen LogP contribution in [0.5, 0.6) is 0 Å². The van der Waals surface area contributed by atoms with Crippen molar-refractivity contribution in [2.24, 2.45) is 5.92 Å². The van der Waals surface area contributed by atoms with Crippen LogP contribution in [-0.2, 0) is 0 Å². The molecule has 0 aromatic carbocycles. The summed E-state index contributed by atoms with van der Waals surface area (Å²) in [7, 11) is 0. The van der Waals surface area contributed by atoms with Gasteiger partial charge < -0.3 is 10.2 Å². The van der Waals surface area contributed by atoms with Gasteiger partial charge in [-0.1, -0.05) is 0 Å².